The fourth-order valence-corrected chi connectivity index (χ4v) is 2.26. The summed E-state index contributed by atoms with van der Waals surface area (Å²) in [4.78, 5) is 11.9. The lowest BCUT2D eigenvalue weighted by Crippen LogP contribution is -2.18. The van der Waals surface area contributed by atoms with Gasteiger partial charge in [-0.2, -0.15) is 18.3 Å². The van der Waals surface area contributed by atoms with Crippen LogP contribution in [0.25, 0.3) is 0 Å². The Morgan fingerprint density at radius 2 is 1.92 bits per heavy atom. The summed E-state index contributed by atoms with van der Waals surface area (Å²) in [6.07, 6.45) is -3.12. The van der Waals surface area contributed by atoms with Crippen molar-refractivity contribution >= 4 is 12.1 Å². The molecule has 1 amide bonds. The Labute approximate surface area is 141 Å². The molecule has 0 radical (unpaired) electrons. The standard InChI is InChI=1S/C17H13F3N2O3/c1-10-5-14-15(25-9-24-14)7-12(10)8-21-22-16(23)11-3-2-4-13(6-11)17(18,19)20/h2-8H,9H2,1H3,(H,22,23)/b21-8-. The molecule has 0 fully saturated rings. The van der Waals surface area contributed by atoms with E-state index in [9.17, 15) is 18.0 Å². The summed E-state index contributed by atoms with van der Waals surface area (Å²) in [7, 11) is 0. The Balaban J connectivity index is 1.72. The molecule has 0 aromatic heterocycles. The Kier molecular flexibility index (Phi) is 4.35. The van der Waals surface area contributed by atoms with E-state index in [1.807, 2.05) is 6.92 Å². The van der Waals surface area contributed by atoms with E-state index in [1.54, 1.807) is 12.1 Å². The maximum atomic E-state index is 12.7. The first-order chi connectivity index (χ1) is 11.8. The minimum Gasteiger partial charge on any atom is -0.454 e. The molecule has 0 atom stereocenters. The highest BCUT2D eigenvalue weighted by molar-refractivity contribution is 5.95. The van der Waals surface area contributed by atoms with Crippen molar-refractivity contribution in [1.82, 2.24) is 5.43 Å². The van der Waals surface area contributed by atoms with Gasteiger partial charge < -0.3 is 9.47 Å². The molecule has 0 bridgehead atoms. The van der Waals surface area contributed by atoms with Crippen LogP contribution in [-0.2, 0) is 6.18 Å². The second-order valence-corrected chi connectivity index (χ2v) is 5.34. The molecule has 5 nitrogen and oxygen atoms in total. The van der Waals surface area contributed by atoms with E-state index in [1.165, 1.54) is 18.3 Å². The number of carbonyl (C=O) groups excluding carboxylic acids is 1. The lowest BCUT2D eigenvalue weighted by atomic mass is 10.1. The lowest BCUT2D eigenvalue weighted by Gasteiger charge is -2.07. The van der Waals surface area contributed by atoms with Gasteiger partial charge in [0.2, 0.25) is 6.79 Å². The van der Waals surface area contributed by atoms with Crippen LogP contribution in [0.1, 0.15) is 27.0 Å². The first-order valence-corrected chi connectivity index (χ1v) is 7.25. The van der Waals surface area contributed by atoms with Crippen molar-refractivity contribution in [2.45, 2.75) is 13.1 Å². The molecule has 2 aromatic carbocycles. The van der Waals surface area contributed by atoms with Crippen molar-refractivity contribution in [3.63, 3.8) is 0 Å². The number of fused-ring (bicyclic) bond motifs is 1. The predicted octanol–water partition coefficient (Wildman–Crippen LogP) is 3.51. The number of rotatable bonds is 3. The molecule has 3 rings (SSSR count). The Morgan fingerprint density at radius 1 is 1.20 bits per heavy atom. The van der Waals surface area contributed by atoms with E-state index in [2.05, 4.69) is 10.5 Å². The van der Waals surface area contributed by atoms with Crippen molar-refractivity contribution < 1.29 is 27.4 Å². The molecule has 0 saturated heterocycles. The van der Waals surface area contributed by atoms with Gasteiger partial charge in [0.15, 0.2) is 11.5 Å². The molecule has 1 heterocycles. The van der Waals surface area contributed by atoms with Gasteiger partial charge in [-0.25, -0.2) is 5.43 Å². The summed E-state index contributed by atoms with van der Waals surface area (Å²) in [5.74, 6) is 0.458. The van der Waals surface area contributed by atoms with Crippen LogP contribution < -0.4 is 14.9 Å². The smallest absolute Gasteiger partial charge is 0.416 e. The number of hydrazone groups is 1. The highest BCUT2D eigenvalue weighted by Crippen LogP contribution is 2.34. The van der Waals surface area contributed by atoms with Crippen molar-refractivity contribution in [1.29, 1.82) is 0 Å². The van der Waals surface area contributed by atoms with Crippen LogP contribution in [0, 0.1) is 6.92 Å². The number of nitrogens with one attached hydrogen (secondary N) is 1. The van der Waals surface area contributed by atoms with Crippen molar-refractivity contribution in [3.8, 4) is 11.5 Å². The molecule has 2 aromatic rings. The lowest BCUT2D eigenvalue weighted by molar-refractivity contribution is -0.137. The minimum absolute atomic E-state index is 0.130. The number of hydrogen-bond acceptors (Lipinski definition) is 4. The number of benzene rings is 2. The van der Waals surface area contributed by atoms with Crippen LogP contribution in [0.3, 0.4) is 0 Å². The quantitative estimate of drug-likeness (QED) is 0.681. The van der Waals surface area contributed by atoms with Gasteiger partial charge in [-0.3, -0.25) is 4.79 Å². The van der Waals surface area contributed by atoms with Gasteiger partial charge in [-0.15, -0.1) is 0 Å². The SMILES string of the molecule is Cc1cc2c(cc1/C=N\NC(=O)c1cccc(C(F)(F)F)c1)OCO2. The summed E-state index contributed by atoms with van der Waals surface area (Å²) < 4.78 is 48.5. The van der Waals surface area contributed by atoms with Crippen LogP contribution >= 0.6 is 0 Å². The number of aryl methyl sites for hydroxylation is 1. The molecule has 8 heteroatoms. The van der Waals surface area contributed by atoms with E-state index in [4.69, 9.17) is 9.47 Å². The molecule has 25 heavy (non-hydrogen) atoms. The summed E-state index contributed by atoms with van der Waals surface area (Å²) in [5.41, 5.74) is 2.73. The number of nitrogens with zero attached hydrogens (tertiary/aromatic N) is 1. The maximum Gasteiger partial charge on any atom is 0.416 e. The average Bonchev–Trinajstić information content (AvgIpc) is 3.01. The molecular formula is C17H13F3N2O3. The summed E-state index contributed by atoms with van der Waals surface area (Å²) in [6, 6.07) is 7.61. The van der Waals surface area contributed by atoms with E-state index < -0.39 is 17.6 Å². The highest BCUT2D eigenvalue weighted by Gasteiger charge is 2.30. The van der Waals surface area contributed by atoms with Crippen LogP contribution in [0.5, 0.6) is 11.5 Å². The Hall–Kier alpha value is -3.03. The van der Waals surface area contributed by atoms with E-state index >= 15 is 0 Å². The van der Waals surface area contributed by atoms with E-state index in [0.29, 0.717) is 17.1 Å². The molecular weight excluding hydrogens is 337 g/mol. The largest absolute Gasteiger partial charge is 0.454 e. The first kappa shape index (κ1) is 16.8. The van der Waals surface area contributed by atoms with Gasteiger partial charge in [0.25, 0.3) is 5.91 Å². The minimum atomic E-state index is -4.51. The fraction of sp³-hybridized carbons (Fsp3) is 0.176. The third-order valence-corrected chi connectivity index (χ3v) is 3.58. The number of halogens is 3. The molecule has 1 aliphatic heterocycles. The molecule has 0 saturated carbocycles. The van der Waals surface area contributed by atoms with Gasteiger partial charge in [0.05, 0.1) is 11.8 Å². The zero-order valence-corrected chi connectivity index (χ0v) is 13.1. The highest BCUT2D eigenvalue weighted by atomic mass is 19.4. The maximum absolute atomic E-state index is 12.7. The number of carbonyl (C=O) groups is 1. The normalized spacial score (nSPS) is 13.3. The summed E-state index contributed by atoms with van der Waals surface area (Å²) in [6.45, 7) is 1.97. The zero-order chi connectivity index (χ0) is 18.0. The second kappa shape index (κ2) is 6.46. The van der Waals surface area contributed by atoms with E-state index in [0.717, 1.165) is 17.7 Å². The fourth-order valence-electron chi connectivity index (χ4n) is 2.26. The Bertz CT molecular complexity index is 848. The molecule has 0 unspecified atom stereocenters. The summed E-state index contributed by atoms with van der Waals surface area (Å²) >= 11 is 0. The van der Waals surface area contributed by atoms with Crippen molar-refractivity contribution in [2.75, 3.05) is 6.79 Å². The monoisotopic (exact) mass is 350 g/mol. The number of amides is 1. The third-order valence-electron chi connectivity index (χ3n) is 3.58. The molecule has 130 valence electrons. The van der Waals surface area contributed by atoms with Crippen molar-refractivity contribution in [3.05, 3.63) is 58.7 Å². The molecule has 0 aliphatic carbocycles. The average molecular weight is 350 g/mol. The van der Waals surface area contributed by atoms with Gasteiger partial charge in [-0.05, 0) is 42.8 Å². The van der Waals surface area contributed by atoms with Gasteiger partial charge in [-0.1, -0.05) is 6.07 Å². The van der Waals surface area contributed by atoms with Crippen LogP contribution in [0.4, 0.5) is 13.2 Å². The second-order valence-electron chi connectivity index (χ2n) is 5.34. The number of alkyl halides is 3. The number of ether oxygens (including phenoxy) is 2. The Morgan fingerprint density at radius 3 is 2.64 bits per heavy atom. The van der Waals surface area contributed by atoms with Crippen LogP contribution in [0.2, 0.25) is 0 Å². The molecule has 0 spiro atoms. The van der Waals surface area contributed by atoms with Gasteiger partial charge in [0, 0.05) is 11.1 Å². The zero-order valence-electron chi connectivity index (χ0n) is 13.1. The molecule has 1 N–H and O–H groups in total. The number of hydrogen-bond donors (Lipinski definition) is 1. The third kappa shape index (κ3) is 3.73. The topological polar surface area (TPSA) is 59.9 Å². The summed E-state index contributed by atoms with van der Waals surface area (Å²) in [5, 5.41) is 3.79. The first-order valence-electron chi connectivity index (χ1n) is 7.25. The van der Waals surface area contributed by atoms with Crippen molar-refractivity contribution in [2.24, 2.45) is 5.10 Å². The van der Waals surface area contributed by atoms with Gasteiger partial charge >= 0.3 is 6.18 Å². The van der Waals surface area contributed by atoms with Crippen LogP contribution in [0.15, 0.2) is 41.5 Å². The predicted molar refractivity (Wildman–Crippen MR) is 83.8 cm³/mol. The molecule has 1 aliphatic rings. The van der Waals surface area contributed by atoms with E-state index in [-0.39, 0.29) is 12.4 Å². The van der Waals surface area contributed by atoms with Gasteiger partial charge in [0.1, 0.15) is 0 Å². The van der Waals surface area contributed by atoms with Crippen LogP contribution in [-0.4, -0.2) is 18.9 Å².